The largest absolute Gasteiger partial charge is 0.336 e. The Kier molecular flexibility index (Phi) is 4.80. The molecule has 1 saturated heterocycles. The van der Waals surface area contributed by atoms with Crippen LogP contribution in [0.2, 0.25) is 0 Å². The van der Waals surface area contributed by atoms with E-state index in [1.165, 1.54) is 0 Å². The Morgan fingerprint density at radius 1 is 1.55 bits per heavy atom. The molecule has 1 fully saturated rings. The van der Waals surface area contributed by atoms with Crippen LogP contribution in [0.25, 0.3) is 0 Å². The lowest BCUT2D eigenvalue weighted by molar-refractivity contribution is 0.0621. The number of carbonyl (C=O) groups is 1. The normalized spacial score (nSPS) is 18.6. The van der Waals surface area contributed by atoms with Gasteiger partial charge in [-0.05, 0) is 11.4 Å². The van der Waals surface area contributed by atoms with Crippen LogP contribution >= 0.6 is 23.7 Å². The minimum Gasteiger partial charge on any atom is -0.336 e. The third-order valence-corrected chi connectivity index (χ3v) is 4.11. The molecule has 0 radical (unpaired) electrons. The molecular weight excluding hydrogens is 296 g/mol. The number of rotatable bonds is 2. The molecular formula is C13H17ClN4OS. The van der Waals surface area contributed by atoms with Gasteiger partial charge >= 0.3 is 0 Å². The number of thiophene rings is 1. The van der Waals surface area contributed by atoms with E-state index in [9.17, 15) is 4.79 Å². The predicted octanol–water partition coefficient (Wildman–Crippen LogP) is 1.69. The van der Waals surface area contributed by atoms with Crippen molar-refractivity contribution in [1.29, 1.82) is 0 Å². The molecule has 0 aliphatic carbocycles. The third kappa shape index (κ3) is 2.72. The molecule has 3 heterocycles. The van der Waals surface area contributed by atoms with Gasteiger partial charge in [-0.3, -0.25) is 4.79 Å². The predicted molar refractivity (Wildman–Crippen MR) is 81.4 cm³/mol. The highest BCUT2D eigenvalue weighted by molar-refractivity contribution is 7.08. The Morgan fingerprint density at radius 3 is 3.05 bits per heavy atom. The van der Waals surface area contributed by atoms with Crippen molar-refractivity contribution >= 4 is 29.7 Å². The second kappa shape index (κ2) is 6.39. The van der Waals surface area contributed by atoms with E-state index in [4.69, 9.17) is 0 Å². The van der Waals surface area contributed by atoms with Crippen LogP contribution in [-0.2, 0) is 7.05 Å². The highest BCUT2D eigenvalue weighted by atomic mass is 35.5. The third-order valence-electron chi connectivity index (χ3n) is 3.43. The van der Waals surface area contributed by atoms with Crippen molar-refractivity contribution in [2.45, 2.75) is 6.04 Å². The number of aromatic nitrogens is 2. The Balaban J connectivity index is 0.00000147. The summed E-state index contributed by atoms with van der Waals surface area (Å²) in [6.07, 6.45) is 3.69. The molecule has 1 amide bonds. The monoisotopic (exact) mass is 312 g/mol. The zero-order valence-corrected chi connectivity index (χ0v) is 12.8. The SMILES string of the molecule is Cl.Cn1ccnc1C1CNCCN1C(=O)c1ccsc1. The van der Waals surface area contributed by atoms with Gasteiger partial charge in [0.1, 0.15) is 11.9 Å². The van der Waals surface area contributed by atoms with Crippen LogP contribution in [0.15, 0.2) is 29.2 Å². The van der Waals surface area contributed by atoms with Gasteiger partial charge in [0.05, 0.1) is 5.56 Å². The molecule has 0 bridgehead atoms. The summed E-state index contributed by atoms with van der Waals surface area (Å²) in [4.78, 5) is 18.8. The van der Waals surface area contributed by atoms with Crippen molar-refractivity contribution in [2.24, 2.45) is 7.05 Å². The van der Waals surface area contributed by atoms with E-state index in [-0.39, 0.29) is 24.4 Å². The van der Waals surface area contributed by atoms with Crippen molar-refractivity contribution in [2.75, 3.05) is 19.6 Å². The molecule has 3 rings (SSSR count). The maximum absolute atomic E-state index is 12.5. The van der Waals surface area contributed by atoms with Gasteiger partial charge in [0.15, 0.2) is 0 Å². The molecule has 20 heavy (non-hydrogen) atoms. The van der Waals surface area contributed by atoms with E-state index in [0.29, 0.717) is 6.54 Å². The summed E-state index contributed by atoms with van der Waals surface area (Å²) in [5.74, 6) is 1.02. The molecule has 1 aliphatic heterocycles. The Labute approximate surface area is 128 Å². The van der Waals surface area contributed by atoms with Gasteiger partial charge in [0.25, 0.3) is 5.91 Å². The van der Waals surface area contributed by atoms with Gasteiger partial charge in [0.2, 0.25) is 0 Å². The summed E-state index contributed by atoms with van der Waals surface area (Å²) >= 11 is 1.55. The second-order valence-electron chi connectivity index (χ2n) is 4.63. The Morgan fingerprint density at radius 2 is 2.40 bits per heavy atom. The van der Waals surface area contributed by atoms with Crippen molar-refractivity contribution in [3.05, 3.63) is 40.6 Å². The van der Waals surface area contributed by atoms with Gasteiger partial charge in [-0.2, -0.15) is 11.3 Å². The molecule has 2 aromatic rings. The van der Waals surface area contributed by atoms with E-state index in [2.05, 4.69) is 10.3 Å². The Hall–Kier alpha value is -1.37. The van der Waals surface area contributed by atoms with E-state index in [1.54, 1.807) is 17.5 Å². The number of nitrogens with zero attached hydrogens (tertiary/aromatic N) is 3. The van der Waals surface area contributed by atoms with Crippen molar-refractivity contribution in [3.63, 3.8) is 0 Å². The lowest BCUT2D eigenvalue weighted by atomic mass is 10.1. The minimum atomic E-state index is 0. The average Bonchev–Trinajstić information content (AvgIpc) is 3.09. The molecule has 7 heteroatoms. The van der Waals surface area contributed by atoms with E-state index in [0.717, 1.165) is 24.5 Å². The molecule has 0 saturated carbocycles. The second-order valence-corrected chi connectivity index (χ2v) is 5.41. The first-order valence-corrected chi connectivity index (χ1v) is 7.23. The summed E-state index contributed by atoms with van der Waals surface area (Å²) in [5.41, 5.74) is 0.770. The average molecular weight is 313 g/mol. The molecule has 1 N–H and O–H groups in total. The van der Waals surface area contributed by atoms with Gasteiger partial charge in [-0.25, -0.2) is 4.98 Å². The zero-order chi connectivity index (χ0) is 13.2. The van der Waals surface area contributed by atoms with Crippen molar-refractivity contribution < 1.29 is 4.79 Å². The quantitative estimate of drug-likeness (QED) is 0.918. The van der Waals surface area contributed by atoms with Gasteiger partial charge < -0.3 is 14.8 Å². The molecule has 0 aromatic carbocycles. The van der Waals surface area contributed by atoms with Gasteiger partial charge in [-0.1, -0.05) is 0 Å². The molecule has 1 unspecified atom stereocenters. The van der Waals surface area contributed by atoms with Crippen LogP contribution in [0.1, 0.15) is 22.2 Å². The summed E-state index contributed by atoms with van der Waals surface area (Å²) < 4.78 is 1.98. The summed E-state index contributed by atoms with van der Waals surface area (Å²) in [6.45, 7) is 2.30. The molecule has 0 spiro atoms. The smallest absolute Gasteiger partial charge is 0.255 e. The standard InChI is InChI=1S/C13H16N4OS.ClH/c1-16-5-4-15-12(16)11-8-14-3-6-17(11)13(18)10-2-7-19-9-10;/h2,4-5,7,9,11,14H,3,6,8H2,1H3;1H. The van der Waals surface area contributed by atoms with Crippen LogP contribution in [0, 0.1) is 0 Å². The first-order valence-electron chi connectivity index (χ1n) is 6.28. The van der Waals surface area contributed by atoms with Crippen LogP contribution in [0.4, 0.5) is 0 Å². The van der Waals surface area contributed by atoms with Gasteiger partial charge in [-0.15, -0.1) is 12.4 Å². The van der Waals surface area contributed by atoms with Gasteiger partial charge in [0, 0.05) is 44.5 Å². The number of piperazine rings is 1. The van der Waals surface area contributed by atoms with Crippen LogP contribution in [0.5, 0.6) is 0 Å². The Bertz CT molecular complexity index is 569. The zero-order valence-electron chi connectivity index (χ0n) is 11.2. The maximum atomic E-state index is 12.5. The van der Waals surface area contributed by atoms with Crippen LogP contribution in [0.3, 0.4) is 0 Å². The number of hydrogen-bond donors (Lipinski definition) is 1. The van der Waals surface area contributed by atoms with Crippen LogP contribution in [-0.4, -0.2) is 40.0 Å². The number of nitrogens with one attached hydrogen (secondary N) is 1. The lowest BCUT2D eigenvalue weighted by Gasteiger charge is -2.35. The number of aryl methyl sites for hydroxylation is 1. The molecule has 108 valence electrons. The first kappa shape index (κ1) is 15.0. The maximum Gasteiger partial charge on any atom is 0.255 e. The van der Waals surface area contributed by atoms with E-state index >= 15 is 0 Å². The lowest BCUT2D eigenvalue weighted by Crippen LogP contribution is -2.49. The summed E-state index contributed by atoms with van der Waals surface area (Å²) in [5, 5.41) is 7.17. The number of halogens is 1. The first-order chi connectivity index (χ1) is 9.27. The highest BCUT2D eigenvalue weighted by Crippen LogP contribution is 2.23. The fraction of sp³-hybridized carbons (Fsp3) is 0.385. The molecule has 2 aromatic heterocycles. The van der Waals surface area contributed by atoms with E-state index in [1.807, 2.05) is 39.5 Å². The van der Waals surface area contributed by atoms with Crippen LogP contribution < -0.4 is 5.32 Å². The molecule has 1 atom stereocenters. The number of carbonyl (C=O) groups excluding carboxylic acids is 1. The summed E-state index contributed by atoms with van der Waals surface area (Å²) in [7, 11) is 1.96. The summed E-state index contributed by atoms with van der Waals surface area (Å²) in [6, 6.07) is 1.88. The number of amides is 1. The van der Waals surface area contributed by atoms with Crippen molar-refractivity contribution in [3.8, 4) is 0 Å². The number of imidazole rings is 1. The fourth-order valence-electron chi connectivity index (χ4n) is 2.43. The fourth-order valence-corrected chi connectivity index (χ4v) is 3.06. The van der Waals surface area contributed by atoms with E-state index < -0.39 is 0 Å². The number of hydrogen-bond acceptors (Lipinski definition) is 4. The topological polar surface area (TPSA) is 50.2 Å². The minimum absolute atomic E-state index is 0. The highest BCUT2D eigenvalue weighted by Gasteiger charge is 2.30. The molecule has 1 aliphatic rings. The van der Waals surface area contributed by atoms with Crippen molar-refractivity contribution in [1.82, 2.24) is 19.8 Å². The molecule has 5 nitrogen and oxygen atoms in total.